The van der Waals surface area contributed by atoms with Crippen LogP contribution in [0, 0.1) is 0 Å². The Labute approximate surface area is 84.2 Å². The largest absolute Gasteiger partial charge is 0.497 e. The summed E-state index contributed by atoms with van der Waals surface area (Å²) in [6.45, 7) is 0. The fraction of sp³-hybridized carbons (Fsp3) is 0.333. The van der Waals surface area contributed by atoms with Gasteiger partial charge in [0.25, 0.3) is 0 Å². The Kier molecular flexibility index (Phi) is 3.00. The fourth-order valence-corrected chi connectivity index (χ4v) is 1.49. The number of nitrogens with zero attached hydrogens (tertiary/aromatic N) is 1. The molecule has 0 saturated heterocycles. The molecule has 0 aromatic heterocycles. The predicted molar refractivity (Wildman–Crippen MR) is 56.2 cm³/mol. The highest BCUT2D eigenvalue weighted by molar-refractivity contribution is 7.92. The quantitative estimate of drug-likeness (QED) is 0.758. The van der Waals surface area contributed by atoms with Gasteiger partial charge in [0.15, 0.2) is 0 Å². The summed E-state index contributed by atoms with van der Waals surface area (Å²) >= 11 is 0. The number of benzene rings is 1. The van der Waals surface area contributed by atoms with E-state index < -0.39 is 10.0 Å². The minimum Gasteiger partial charge on any atom is -0.497 e. The maximum absolute atomic E-state index is 11.2. The zero-order valence-corrected chi connectivity index (χ0v) is 9.21. The molecule has 78 valence electrons. The van der Waals surface area contributed by atoms with E-state index in [0.717, 1.165) is 6.26 Å². The lowest BCUT2D eigenvalue weighted by atomic mass is 10.3. The molecule has 0 unspecified atom stereocenters. The molecule has 0 spiro atoms. The third-order valence-electron chi connectivity index (χ3n) is 1.93. The Morgan fingerprint density at radius 1 is 1.21 bits per heavy atom. The van der Waals surface area contributed by atoms with Gasteiger partial charge in [0.2, 0.25) is 10.0 Å². The topological polar surface area (TPSA) is 46.6 Å². The molecule has 4 nitrogen and oxygen atoms in total. The summed E-state index contributed by atoms with van der Waals surface area (Å²) in [4.78, 5) is 0. The molecule has 0 fully saturated rings. The second-order valence-corrected chi connectivity index (χ2v) is 4.94. The number of sulfonamides is 1. The predicted octanol–water partition coefficient (Wildman–Crippen LogP) is 1.09. The molecule has 0 N–H and O–H groups in total. The van der Waals surface area contributed by atoms with Gasteiger partial charge >= 0.3 is 0 Å². The van der Waals surface area contributed by atoms with E-state index in [1.165, 1.54) is 11.4 Å². The van der Waals surface area contributed by atoms with Crippen LogP contribution in [-0.4, -0.2) is 28.8 Å². The number of hydrogen-bond donors (Lipinski definition) is 0. The van der Waals surface area contributed by atoms with Crippen molar-refractivity contribution < 1.29 is 13.2 Å². The molecular weight excluding hydrogens is 202 g/mol. The molecule has 0 aliphatic rings. The summed E-state index contributed by atoms with van der Waals surface area (Å²) in [5, 5.41) is 0. The summed E-state index contributed by atoms with van der Waals surface area (Å²) in [6, 6.07) is 6.83. The molecule has 5 heteroatoms. The van der Waals surface area contributed by atoms with Crippen molar-refractivity contribution in [2.24, 2.45) is 0 Å². The van der Waals surface area contributed by atoms with Gasteiger partial charge in [-0.05, 0) is 24.3 Å². The van der Waals surface area contributed by atoms with Crippen LogP contribution in [0.4, 0.5) is 5.69 Å². The third kappa shape index (κ3) is 2.38. The van der Waals surface area contributed by atoms with E-state index >= 15 is 0 Å². The van der Waals surface area contributed by atoms with E-state index in [1.807, 2.05) is 0 Å². The Morgan fingerprint density at radius 2 is 1.71 bits per heavy atom. The normalized spacial score (nSPS) is 11.1. The third-order valence-corrected chi connectivity index (χ3v) is 3.14. The SMILES string of the molecule is COc1ccc(N(C)S(C)(=O)=O)cc1. The van der Waals surface area contributed by atoms with Crippen LogP contribution in [0.25, 0.3) is 0 Å². The lowest BCUT2D eigenvalue weighted by Gasteiger charge is -2.16. The maximum Gasteiger partial charge on any atom is 0.231 e. The van der Waals surface area contributed by atoms with Crippen molar-refractivity contribution in [2.45, 2.75) is 0 Å². The van der Waals surface area contributed by atoms with Gasteiger partial charge in [-0.25, -0.2) is 8.42 Å². The molecule has 1 aromatic rings. The first-order chi connectivity index (χ1) is 6.45. The molecular formula is C9H13NO3S. The van der Waals surface area contributed by atoms with E-state index in [1.54, 1.807) is 31.4 Å². The molecule has 0 aliphatic heterocycles. The summed E-state index contributed by atoms with van der Waals surface area (Å²) in [7, 11) is -0.107. The summed E-state index contributed by atoms with van der Waals surface area (Å²) in [5.41, 5.74) is 0.619. The number of anilines is 1. The smallest absolute Gasteiger partial charge is 0.231 e. The molecule has 0 aliphatic carbocycles. The van der Waals surface area contributed by atoms with E-state index in [-0.39, 0.29) is 0 Å². The van der Waals surface area contributed by atoms with Crippen molar-refractivity contribution in [3.8, 4) is 5.75 Å². The average molecular weight is 215 g/mol. The Bertz CT molecular complexity index is 397. The van der Waals surface area contributed by atoms with Gasteiger partial charge in [0.05, 0.1) is 19.1 Å². The van der Waals surface area contributed by atoms with Gasteiger partial charge in [-0.15, -0.1) is 0 Å². The standard InChI is InChI=1S/C9H13NO3S/c1-10(14(3,11)12)8-4-6-9(13-2)7-5-8/h4-7H,1-3H3. The van der Waals surface area contributed by atoms with Crippen molar-refractivity contribution in [3.63, 3.8) is 0 Å². The molecule has 0 saturated carbocycles. The monoisotopic (exact) mass is 215 g/mol. The van der Waals surface area contributed by atoms with Crippen molar-refractivity contribution in [1.29, 1.82) is 0 Å². The van der Waals surface area contributed by atoms with Crippen LogP contribution < -0.4 is 9.04 Å². The Hall–Kier alpha value is -1.23. The number of hydrogen-bond acceptors (Lipinski definition) is 3. The molecule has 0 radical (unpaired) electrons. The van der Waals surface area contributed by atoms with Crippen LogP contribution in [0.2, 0.25) is 0 Å². The van der Waals surface area contributed by atoms with Gasteiger partial charge in [0, 0.05) is 7.05 Å². The average Bonchev–Trinajstić information content (AvgIpc) is 2.15. The zero-order chi connectivity index (χ0) is 10.8. The molecule has 0 bridgehead atoms. The van der Waals surface area contributed by atoms with Gasteiger partial charge in [-0.1, -0.05) is 0 Å². The van der Waals surface area contributed by atoms with Crippen LogP contribution in [0.15, 0.2) is 24.3 Å². The Morgan fingerprint density at radius 3 is 2.07 bits per heavy atom. The van der Waals surface area contributed by atoms with Gasteiger partial charge in [-0.3, -0.25) is 4.31 Å². The zero-order valence-electron chi connectivity index (χ0n) is 8.39. The molecule has 0 atom stereocenters. The van der Waals surface area contributed by atoms with Crippen LogP contribution in [0.5, 0.6) is 5.75 Å². The molecule has 0 amide bonds. The van der Waals surface area contributed by atoms with Crippen molar-refractivity contribution in [1.82, 2.24) is 0 Å². The minimum absolute atomic E-state index is 0.619. The second-order valence-electron chi connectivity index (χ2n) is 2.93. The minimum atomic E-state index is -3.18. The highest BCUT2D eigenvalue weighted by Crippen LogP contribution is 2.19. The second kappa shape index (κ2) is 3.88. The van der Waals surface area contributed by atoms with E-state index in [2.05, 4.69) is 0 Å². The summed E-state index contributed by atoms with van der Waals surface area (Å²) in [5.74, 6) is 0.704. The number of rotatable bonds is 3. The lowest BCUT2D eigenvalue weighted by Crippen LogP contribution is -2.24. The summed E-state index contributed by atoms with van der Waals surface area (Å²) < 4.78 is 28.5. The first-order valence-corrected chi connectivity index (χ1v) is 5.88. The van der Waals surface area contributed by atoms with Crippen molar-refractivity contribution >= 4 is 15.7 Å². The van der Waals surface area contributed by atoms with Crippen LogP contribution >= 0.6 is 0 Å². The van der Waals surface area contributed by atoms with Crippen LogP contribution in [0.1, 0.15) is 0 Å². The van der Waals surface area contributed by atoms with Crippen LogP contribution in [-0.2, 0) is 10.0 Å². The van der Waals surface area contributed by atoms with E-state index in [4.69, 9.17) is 4.74 Å². The fourth-order valence-electron chi connectivity index (χ4n) is 0.984. The number of ether oxygens (including phenoxy) is 1. The first kappa shape index (κ1) is 10.8. The molecule has 1 aromatic carbocycles. The number of methoxy groups -OCH3 is 1. The summed E-state index contributed by atoms with van der Waals surface area (Å²) in [6.07, 6.45) is 1.16. The van der Waals surface area contributed by atoms with Crippen molar-refractivity contribution in [3.05, 3.63) is 24.3 Å². The lowest BCUT2D eigenvalue weighted by molar-refractivity contribution is 0.415. The van der Waals surface area contributed by atoms with E-state index in [0.29, 0.717) is 11.4 Å². The highest BCUT2D eigenvalue weighted by atomic mass is 32.2. The first-order valence-electron chi connectivity index (χ1n) is 4.03. The highest BCUT2D eigenvalue weighted by Gasteiger charge is 2.10. The van der Waals surface area contributed by atoms with Crippen LogP contribution in [0.3, 0.4) is 0 Å². The van der Waals surface area contributed by atoms with Gasteiger partial charge < -0.3 is 4.74 Å². The molecule has 0 heterocycles. The molecule has 1 rings (SSSR count). The Balaban J connectivity index is 2.98. The molecule has 14 heavy (non-hydrogen) atoms. The van der Waals surface area contributed by atoms with Gasteiger partial charge in [0.1, 0.15) is 5.75 Å². The van der Waals surface area contributed by atoms with Gasteiger partial charge in [-0.2, -0.15) is 0 Å². The maximum atomic E-state index is 11.2. The van der Waals surface area contributed by atoms with Crippen molar-refractivity contribution in [2.75, 3.05) is 24.7 Å². The van der Waals surface area contributed by atoms with E-state index in [9.17, 15) is 8.42 Å².